The minimum atomic E-state index is -0.196. The van der Waals surface area contributed by atoms with Crippen molar-refractivity contribution in [1.29, 1.82) is 0 Å². The molecule has 19 heavy (non-hydrogen) atoms. The third-order valence-electron chi connectivity index (χ3n) is 3.78. The summed E-state index contributed by atoms with van der Waals surface area (Å²) in [4.78, 5) is 6.91. The first-order chi connectivity index (χ1) is 9.13. The number of hydrogen-bond donors (Lipinski definition) is 1. The molecule has 0 radical (unpaired) electrons. The van der Waals surface area contributed by atoms with Gasteiger partial charge in [0.2, 0.25) is 0 Å². The maximum absolute atomic E-state index is 9.72. The fourth-order valence-electron chi connectivity index (χ4n) is 2.74. The van der Waals surface area contributed by atoms with Crippen LogP contribution in [0.5, 0.6) is 0 Å². The zero-order valence-electron chi connectivity index (χ0n) is 11.0. The van der Waals surface area contributed by atoms with Gasteiger partial charge < -0.3 is 9.67 Å². The largest absolute Gasteiger partial charge is 0.392 e. The van der Waals surface area contributed by atoms with Crippen molar-refractivity contribution >= 4 is 22.6 Å². The molecule has 1 aromatic heterocycles. The van der Waals surface area contributed by atoms with Crippen molar-refractivity contribution in [3.63, 3.8) is 0 Å². The minimum absolute atomic E-state index is 0.196. The highest BCUT2D eigenvalue weighted by Crippen LogP contribution is 2.21. The molecule has 5 heteroatoms. The van der Waals surface area contributed by atoms with Gasteiger partial charge in [0, 0.05) is 18.6 Å². The first-order valence-electron chi connectivity index (χ1n) is 6.65. The van der Waals surface area contributed by atoms with Crippen LogP contribution >= 0.6 is 11.6 Å². The number of aromatic nitrogens is 2. The lowest BCUT2D eigenvalue weighted by atomic mass is 10.1. The molecule has 0 aliphatic carbocycles. The van der Waals surface area contributed by atoms with E-state index in [2.05, 4.69) is 14.5 Å². The molecule has 1 atom stereocenters. The van der Waals surface area contributed by atoms with E-state index >= 15 is 0 Å². The molecule has 0 saturated carbocycles. The number of fused-ring (bicyclic) bond motifs is 1. The molecule has 2 aromatic rings. The van der Waals surface area contributed by atoms with Gasteiger partial charge in [-0.15, -0.1) is 0 Å². The fraction of sp³-hybridized carbons (Fsp3) is 0.500. The van der Waals surface area contributed by atoms with Gasteiger partial charge in [-0.3, -0.25) is 4.90 Å². The van der Waals surface area contributed by atoms with E-state index in [-0.39, 0.29) is 6.10 Å². The smallest absolute Gasteiger partial charge is 0.123 e. The van der Waals surface area contributed by atoms with Crippen molar-refractivity contribution in [3.8, 4) is 0 Å². The Hall–Kier alpha value is -1.10. The molecule has 1 saturated heterocycles. The van der Waals surface area contributed by atoms with Crippen LogP contribution in [-0.2, 0) is 13.6 Å². The lowest BCUT2D eigenvalue weighted by Gasteiger charge is -2.29. The van der Waals surface area contributed by atoms with Crippen LogP contribution in [0.3, 0.4) is 0 Å². The highest BCUT2D eigenvalue weighted by atomic mass is 35.5. The van der Waals surface area contributed by atoms with Gasteiger partial charge in [-0.05, 0) is 37.6 Å². The number of aryl methyl sites for hydroxylation is 1. The lowest BCUT2D eigenvalue weighted by Crippen LogP contribution is -2.38. The van der Waals surface area contributed by atoms with Crippen LogP contribution in [0.4, 0.5) is 0 Å². The van der Waals surface area contributed by atoms with Gasteiger partial charge in [-0.1, -0.05) is 11.6 Å². The number of hydrogen-bond acceptors (Lipinski definition) is 3. The number of imidazole rings is 1. The van der Waals surface area contributed by atoms with Crippen molar-refractivity contribution in [3.05, 3.63) is 29.0 Å². The quantitative estimate of drug-likeness (QED) is 0.916. The van der Waals surface area contributed by atoms with Crippen molar-refractivity contribution in [2.75, 3.05) is 13.1 Å². The van der Waals surface area contributed by atoms with Crippen LogP contribution < -0.4 is 0 Å². The molecule has 0 spiro atoms. The van der Waals surface area contributed by atoms with Gasteiger partial charge >= 0.3 is 0 Å². The van der Waals surface area contributed by atoms with Gasteiger partial charge in [-0.2, -0.15) is 0 Å². The zero-order chi connectivity index (χ0) is 13.4. The number of benzene rings is 1. The molecule has 1 aromatic carbocycles. The summed E-state index contributed by atoms with van der Waals surface area (Å²) in [5.74, 6) is 1.02. The molecule has 1 aliphatic rings. The summed E-state index contributed by atoms with van der Waals surface area (Å²) < 4.78 is 2.10. The molecule has 0 amide bonds. The van der Waals surface area contributed by atoms with Crippen LogP contribution in [-0.4, -0.2) is 38.8 Å². The monoisotopic (exact) mass is 279 g/mol. The Morgan fingerprint density at radius 3 is 3.11 bits per heavy atom. The highest BCUT2D eigenvalue weighted by molar-refractivity contribution is 6.31. The summed E-state index contributed by atoms with van der Waals surface area (Å²) in [6, 6.07) is 5.78. The summed E-state index contributed by atoms with van der Waals surface area (Å²) in [7, 11) is 2.03. The van der Waals surface area contributed by atoms with E-state index in [1.165, 1.54) is 0 Å². The molecule has 0 bridgehead atoms. The number of likely N-dealkylation sites (tertiary alicyclic amines) is 1. The van der Waals surface area contributed by atoms with E-state index in [0.717, 1.165) is 49.3 Å². The number of halogens is 1. The van der Waals surface area contributed by atoms with Crippen molar-refractivity contribution < 1.29 is 5.11 Å². The van der Waals surface area contributed by atoms with Gasteiger partial charge in [-0.25, -0.2) is 4.98 Å². The predicted molar refractivity (Wildman–Crippen MR) is 76.2 cm³/mol. The maximum atomic E-state index is 9.72. The molecule has 3 rings (SSSR count). The molecule has 4 nitrogen and oxygen atoms in total. The molecule has 1 N–H and O–H groups in total. The standard InChI is InChI=1S/C14H18ClN3O/c1-17-13-5-4-10(15)7-12(13)16-14(17)9-18-6-2-3-11(19)8-18/h4-5,7,11,19H,2-3,6,8-9H2,1H3/t11-/m1/s1. The first kappa shape index (κ1) is 12.9. The van der Waals surface area contributed by atoms with Crippen LogP contribution in [0.15, 0.2) is 18.2 Å². The lowest BCUT2D eigenvalue weighted by molar-refractivity contribution is 0.0651. The molecular formula is C14H18ClN3O. The third-order valence-corrected chi connectivity index (χ3v) is 4.02. The molecule has 1 aliphatic heterocycles. The van der Waals surface area contributed by atoms with Gasteiger partial charge in [0.25, 0.3) is 0 Å². The van der Waals surface area contributed by atoms with Crippen LogP contribution in [0, 0.1) is 0 Å². The van der Waals surface area contributed by atoms with Crippen LogP contribution in [0.1, 0.15) is 18.7 Å². The van der Waals surface area contributed by atoms with Crippen LogP contribution in [0.25, 0.3) is 11.0 Å². The highest BCUT2D eigenvalue weighted by Gasteiger charge is 2.19. The van der Waals surface area contributed by atoms with E-state index in [1.807, 2.05) is 25.2 Å². The number of aliphatic hydroxyl groups excluding tert-OH is 1. The Kier molecular flexibility index (Phi) is 3.48. The number of aliphatic hydroxyl groups is 1. The third kappa shape index (κ3) is 2.61. The average molecular weight is 280 g/mol. The van der Waals surface area contributed by atoms with E-state index in [4.69, 9.17) is 11.6 Å². The van der Waals surface area contributed by atoms with E-state index in [1.54, 1.807) is 0 Å². The Bertz CT molecular complexity index is 596. The van der Waals surface area contributed by atoms with Crippen LogP contribution in [0.2, 0.25) is 5.02 Å². The average Bonchev–Trinajstić information content (AvgIpc) is 2.66. The zero-order valence-corrected chi connectivity index (χ0v) is 11.8. The number of rotatable bonds is 2. The van der Waals surface area contributed by atoms with E-state index in [0.29, 0.717) is 5.02 Å². The summed E-state index contributed by atoms with van der Waals surface area (Å²) in [5.41, 5.74) is 2.03. The molecule has 2 heterocycles. The van der Waals surface area contributed by atoms with E-state index in [9.17, 15) is 5.11 Å². The number of β-amino-alcohol motifs (C(OH)–C–C–N with tert-alkyl or cyclic N) is 1. The SMILES string of the molecule is Cn1c(CN2CCC[C@@H](O)C2)nc2cc(Cl)ccc21. The maximum Gasteiger partial charge on any atom is 0.123 e. The molecule has 1 fully saturated rings. The van der Waals surface area contributed by atoms with Gasteiger partial charge in [0.05, 0.1) is 23.7 Å². The Balaban J connectivity index is 1.86. The second-order valence-corrected chi connectivity index (χ2v) is 5.69. The van der Waals surface area contributed by atoms with Crippen molar-refractivity contribution in [1.82, 2.24) is 14.5 Å². The fourth-order valence-corrected chi connectivity index (χ4v) is 2.91. The molecule has 0 unspecified atom stereocenters. The summed E-state index contributed by atoms with van der Waals surface area (Å²) >= 11 is 6.00. The van der Waals surface area contributed by atoms with Crippen molar-refractivity contribution in [2.24, 2.45) is 7.05 Å². The first-order valence-corrected chi connectivity index (χ1v) is 7.02. The topological polar surface area (TPSA) is 41.3 Å². The second kappa shape index (κ2) is 5.12. The number of nitrogens with zero attached hydrogens (tertiary/aromatic N) is 3. The van der Waals surface area contributed by atoms with E-state index < -0.39 is 0 Å². The number of piperidine rings is 1. The molecule has 102 valence electrons. The summed E-state index contributed by atoms with van der Waals surface area (Å²) in [5, 5.41) is 10.4. The summed E-state index contributed by atoms with van der Waals surface area (Å²) in [6.45, 7) is 2.55. The normalized spacial score (nSPS) is 21.1. The Morgan fingerprint density at radius 1 is 1.47 bits per heavy atom. The summed E-state index contributed by atoms with van der Waals surface area (Å²) in [6.07, 6.45) is 1.77. The minimum Gasteiger partial charge on any atom is -0.392 e. The molecular weight excluding hydrogens is 262 g/mol. The predicted octanol–water partition coefficient (Wildman–Crippen LogP) is 2.18. The Labute approximate surface area is 117 Å². The van der Waals surface area contributed by atoms with Crippen molar-refractivity contribution in [2.45, 2.75) is 25.5 Å². The Morgan fingerprint density at radius 2 is 2.32 bits per heavy atom. The van der Waals surface area contributed by atoms with Gasteiger partial charge in [0.15, 0.2) is 0 Å². The second-order valence-electron chi connectivity index (χ2n) is 5.25. The van der Waals surface area contributed by atoms with Gasteiger partial charge in [0.1, 0.15) is 5.82 Å².